The van der Waals surface area contributed by atoms with E-state index >= 15 is 0 Å². The number of benzene rings is 1. The first kappa shape index (κ1) is 28.8. The standard InChI is InChI=1S/C33H34FN9O2/c1-19(2)33(44)38-24-12-21(16-35-18-24)22-14-26-29(41-42-31(26)37-17-22)32-39-27-5-6-36-28(30(27)40-32)20-11-23(34)15-25(13-20)45-10-9-43-7-3-4-8-43/h5-6,11-19,33,38,44H,3-4,7-10H2,1-2H3,(H,39,40)(H,37,41,42). The van der Waals surface area contributed by atoms with Crippen LogP contribution in [0.2, 0.25) is 0 Å². The fraction of sp³-hybridized carbons (Fsp3) is 0.303. The van der Waals surface area contributed by atoms with E-state index in [-0.39, 0.29) is 5.92 Å². The molecule has 12 heteroatoms. The molecule has 7 rings (SSSR count). The van der Waals surface area contributed by atoms with Crippen LogP contribution in [0.5, 0.6) is 5.75 Å². The van der Waals surface area contributed by atoms with E-state index in [1.165, 1.54) is 25.0 Å². The summed E-state index contributed by atoms with van der Waals surface area (Å²) in [6.45, 7) is 7.35. The van der Waals surface area contributed by atoms with Crippen LogP contribution in [-0.2, 0) is 0 Å². The minimum absolute atomic E-state index is 0.0422. The van der Waals surface area contributed by atoms with Crippen molar-refractivity contribution in [3.63, 3.8) is 0 Å². The highest BCUT2D eigenvalue weighted by Crippen LogP contribution is 2.33. The third-order valence-corrected chi connectivity index (χ3v) is 8.08. The minimum atomic E-state index is -0.693. The van der Waals surface area contributed by atoms with Gasteiger partial charge < -0.3 is 20.1 Å². The lowest BCUT2D eigenvalue weighted by Crippen LogP contribution is -2.25. The van der Waals surface area contributed by atoms with Gasteiger partial charge in [0, 0.05) is 47.9 Å². The van der Waals surface area contributed by atoms with Crippen LogP contribution in [0.3, 0.4) is 0 Å². The van der Waals surface area contributed by atoms with Crippen molar-refractivity contribution in [1.29, 1.82) is 0 Å². The number of nitrogens with zero attached hydrogens (tertiary/aromatic N) is 6. The van der Waals surface area contributed by atoms with Gasteiger partial charge in [-0.15, -0.1) is 0 Å². The predicted molar refractivity (Wildman–Crippen MR) is 171 cm³/mol. The van der Waals surface area contributed by atoms with E-state index in [2.05, 4.69) is 40.3 Å². The minimum Gasteiger partial charge on any atom is -0.492 e. The van der Waals surface area contributed by atoms with Crippen LogP contribution in [0.4, 0.5) is 10.1 Å². The second-order valence-corrected chi connectivity index (χ2v) is 11.7. The number of halogens is 1. The SMILES string of the molecule is CC(C)C(O)Nc1cncc(-c2cnc3n[nH]c(-c4nc5c(-c6cc(F)cc(OCCN7CCCC7)c6)nccc5[nH]4)c3c2)c1. The first-order valence-electron chi connectivity index (χ1n) is 15.2. The molecule has 0 radical (unpaired) electrons. The molecule has 0 bridgehead atoms. The van der Waals surface area contributed by atoms with E-state index in [9.17, 15) is 9.50 Å². The van der Waals surface area contributed by atoms with Crippen molar-refractivity contribution in [2.45, 2.75) is 32.9 Å². The molecular weight excluding hydrogens is 573 g/mol. The summed E-state index contributed by atoms with van der Waals surface area (Å²) >= 11 is 0. The molecule has 0 aliphatic carbocycles. The maximum absolute atomic E-state index is 14.8. The smallest absolute Gasteiger partial charge is 0.181 e. The van der Waals surface area contributed by atoms with Gasteiger partial charge in [0.2, 0.25) is 0 Å². The first-order valence-corrected chi connectivity index (χ1v) is 15.2. The maximum atomic E-state index is 14.8. The van der Waals surface area contributed by atoms with Crippen molar-refractivity contribution in [3.05, 3.63) is 67.0 Å². The molecule has 5 aromatic heterocycles. The number of aromatic amines is 2. The van der Waals surface area contributed by atoms with Gasteiger partial charge in [0.15, 0.2) is 11.5 Å². The molecule has 1 unspecified atom stereocenters. The summed E-state index contributed by atoms with van der Waals surface area (Å²) < 4.78 is 20.7. The Hall–Kier alpha value is -4.94. The van der Waals surface area contributed by atoms with Crippen LogP contribution in [0.1, 0.15) is 26.7 Å². The molecule has 6 heterocycles. The second-order valence-electron chi connectivity index (χ2n) is 11.7. The molecule has 0 saturated carbocycles. The fourth-order valence-electron chi connectivity index (χ4n) is 5.60. The number of fused-ring (bicyclic) bond motifs is 2. The highest BCUT2D eigenvalue weighted by molar-refractivity contribution is 5.96. The van der Waals surface area contributed by atoms with Crippen LogP contribution in [0, 0.1) is 11.7 Å². The van der Waals surface area contributed by atoms with Gasteiger partial charge in [0.05, 0.1) is 28.5 Å². The lowest BCUT2D eigenvalue weighted by molar-refractivity contribution is 0.153. The number of likely N-dealkylation sites (tertiary alicyclic amines) is 1. The van der Waals surface area contributed by atoms with E-state index in [4.69, 9.17) is 9.72 Å². The first-order chi connectivity index (χ1) is 21.9. The Balaban J connectivity index is 1.19. The van der Waals surface area contributed by atoms with Gasteiger partial charge in [0.1, 0.15) is 35.6 Å². The zero-order chi connectivity index (χ0) is 30.9. The number of anilines is 1. The van der Waals surface area contributed by atoms with E-state index in [0.717, 1.165) is 41.7 Å². The Labute approximate surface area is 258 Å². The van der Waals surface area contributed by atoms with Crippen LogP contribution in [-0.4, -0.2) is 77.6 Å². The monoisotopic (exact) mass is 607 g/mol. The summed E-state index contributed by atoms with van der Waals surface area (Å²) in [6.07, 6.45) is 8.57. The van der Waals surface area contributed by atoms with Crippen LogP contribution >= 0.6 is 0 Å². The highest BCUT2D eigenvalue weighted by atomic mass is 19.1. The predicted octanol–water partition coefficient (Wildman–Crippen LogP) is 5.63. The average molecular weight is 608 g/mol. The average Bonchev–Trinajstić information content (AvgIpc) is 3.80. The number of H-pyrrole nitrogens is 2. The van der Waals surface area contributed by atoms with Crippen molar-refractivity contribution >= 4 is 27.8 Å². The fourth-order valence-corrected chi connectivity index (χ4v) is 5.60. The number of imidazole rings is 1. The van der Waals surface area contributed by atoms with E-state index < -0.39 is 12.0 Å². The Bertz CT molecular complexity index is 1970. The quantitative estimate of drug-likeness (QED) is 0.146. The largest absolute Gasteiger partial charge is 0.492 e. The Kier molecular flexibility index (Phi) is 7.82. The van der Waals surface area contributed by atoms with Crippen molar-refractivity contribution in [3.8, 4) is 39.7 Å². The highest BCUT2D eigenvalue weighted by Gasteiger charge is 2.18. The van der Waals surface area contributed by atoms with E-state index in [1.54, 1.807) is 24.8 Å². The molecule has 1 aliphatic heterocycles. The topological polar surface area (TPSA) is 141 Å². The lowest BCUT2D eigenvalue weighted by atomic mass is 10.1. The number of aliphatic hydroxyl groups is 1. The molecule has 45 heavy (non-hydrogen) atoms. The third kappa shape index (κ3) is 6.06. The molecule has 1 atom stereocenters. The van der Waals surface area contributed by atoms with E-state index in [1.807, 2.05) is 38.1 Å². The molecule has 1 aliphatic rings. The number of pyridine rings is 3. The number of aromatic nitrogens is 7. The zero-order valence-electron chi connectivity index (χ0n) is 25.1. The Morgan fingerprint density at radius 2 is 1.87 bits per heavy atom. The number of hydrogen-bond acceptors (Lipinski definition) is 9. The number of aliphatic hydroxyl groups excluding tert-OH is 1. The molecule has 4 N–H and O–H groups in total. The Morgan fingerprint density at radius 3 is 2.71 bits per heavy atom. The molecule has 1 fully saturated rings. The summed E-state index contributed by atoms with van der Waals surface area (Å²) in [5, 5.41) is 21.6. The van der Waals surface area contributed by atoms with Gasteiger partial charge in [-0.3, -0.25) is 20.0 Å². The van der Waals surface area contributed by atoms with Crippen molar-refractivity contribution in [2.24, 2.45) is 5.92 Å². The number of nitrogens with one attached hydrogen (secondary N) is 3. The third-order valence-electron chi connectivity index (χ3n) is 8.08. The van der Waals surface area contributed by atoms with Gasteiger partial charge >= 0.3 is 0 Å². The zero-order valence-corrected chi connectivity index (χ0v) is 25.1. The van der Waals surface area contributed by atoms with Crippen molar-refractivity contribution in [2.75, 3.05) is 31.6 Å². The summed E-state index contributed by atoms with van der Waals surface area (Å²) in [4.78, 5) is 24.1. The molecule has 1 aromatic carbocycles. The molecule has 6 aromatic rings. The Morgan fingerprint density at radius 1 is 1.02 bits per heavy atom. The summed E-state index contributed by atoms with van der Waals surface area (Å²) in [5.74, 6) is 0.654. The van der Waals surface area contributed by atoms with Gasteiger partial charge in [-0.2, -0.15) is 5.10 Å². The van der Waals surface area contributed by atoms with Crippen LogP contribution < -0.4 is 10.1 Å². The summed E-state index contributed by atoms with van der Waals surface area (Å²) in [6, 6.07) is 10.4. The van der Waals surface area contributed by atoms with Gasteiger partial charge in [-0.25, -0.2) is 14.4 Å². The van der Waals surface area contributed by atoms with E-state index in [0.29, 0.717) is 52.0 Å². The molecular formula is C33H34FN9O2. The molecule has 0 spiro atoms. The maximum Gasteiger partial charge on any atom is 0.181 e. The normalized spacial score (nSPS) is 14.5. The van der Waals surface area contributed by atoms with Crippen LogP contribution in [0.25, 0.3) is 56.0 Å². The molecule has 230 valence electrons. The molecule has 1 saturated heterocycles. The van der Waals surface area contributed by atoms with Crippen molar-refractivity contribution in [1.82, 2.24) is 40.0 Å². The van der Waals surface area contributed by atoms with Gasteiger partial charge in [0.25, 0.3) is 0 Å². The number of hydrogen-bond donors (Lipinski definition) is 4. The number of rotatable bonds is 10. The second kappa shape index (κ2) is 12.2. The molecule has 0 amide bonds. The lowest BCUT2D eigenvalue weighted by Gasteiger charge is -2.17. The summed E-state index contributed by atoms with van der Waals surface area (Å²) in [5.41, 5.74) is 6.02. The summed E-state index contributed by atoms with van der Waals surface area (Å²) in [7, 11) is 0. The molecule has 11 nitrogen and oxygen atoms in total. The number of ether oxygens (including phenoxy) is 1. The van der Waals surface area contributed by atoms with Gasteiger partial charge in [-0.05, 0) is 62.2 Å². The van der Waals surface area contributed by atoms with Gasteiger partial charge in [-0.1, -0.05) is 13.8 Å². The van der Waals surface area contributed by atoms with Crippen molar-refractivity contribution < 1.29 is 14.2 Å². The van der Waals surface area contributed by atoms with Crippen LogP contribution in [0.15, 0.2) is 61.2 Å².